The third-order valence-electron chi connectivity index (χ3n) is 4.30. The second-order valence-corrected chi connectivity index (χ2v) is 6.09. The van der Waals surface area contributed by atoms with Crippen molar-refractivity contribution in [1.82, 2.24) is 10.2 Å². The normalized spacial score (nSPS) is 10.8. The Morgan fingerprint density at radius 3 is 1.69 bits per heavy atom. The van der Waals surface area contributed by atoms with Crippen molar-refractivity contribution < 1.29 is 4.42 Å². The van der Waals surface area contributed by atoms with Crippen LogP contribution in [0.5, 0.6) is 0 Å². The van der Waals surface area contributed by atoms with Crippen molar-refractivity contribution in [1.29, 1.82) is 0 Å². The highest BCUT2D eigenvalue weighted by Gasteiger charge is 2.10. The van der Waals surface area contributed by atoms with Crippen molar-refractivity contribution in [2.24, 2.45) is 0 Å². The predicted molar refractivity (Wildman–Crippen MR) is 105 cm³/mol. The summed E-state index contributed by atoms with van der Waals surface area (Å²) in [6.45, 7) is 0. The highest BCUT2D eigenvalue weighted by Crippen LogP contribution is 2.27. The van der Waals surface area contributed by atoms with Gasteiger partial charge in [0.15, 0.2) is 0 Å². The van der Waals surface area contributed by atoms with E-state index in [0.717, 1.165) is 23.1 Å². The molecule has 0 fully saturated rings. The summed E-state index contributed by atoms with van der Waals surface area (Å²) in [6.07, 6.45) is 1.57. The zero-order valence-corrected chi connectivity index (χ0v) is 14.3. The lowest BCUT2D eigenvalue weighted by Crippen LogP contribution is -1.85. The minimum Gasteiger partial charge on any atom is -0.416 e. The third-order valence-corrected chi connectivity index (χ3v) is 4.30. The Labute approximate surface area is 154 Å². The van der Waals surface area contributed by atoms with Crippen LogP contribution in [0.25, 0.3) is 34.0 Å². The summed E-state index contributed by atoms with van der Waals surface area (Å²) in [6, 6.07) is 26.4. The molecule has 2 radical (unpaired) electrons. The highest BCUT2D eigenvalue weighted by atomic mass is 16.4. The average Bonchev–Trinajstić information content (AvgIpc) is 3.20. The molecule has 0 spiro atoms. The first-order valence-corrected chi connectivity index (χ1v) is 8.62. The largest absolute Gasteiger partial charge is 0.416 e. The molecule has 0 aliphatic heterocycles. The fourth-order valence-corrected chi connectivity index (χ4v) is 2.87. The van der Waals surface area contributed by atoms with E-state index in [-0.39, 0.29) is 0 Å². The van der Waals surface area contributed by atoms with Crippen LogP contribution in [0.1, 0.15) is 5.56 Å². The lowest BCUT2D eigenvalue weighted by Gasteiger charge is -2.04. The molecule has 124 valence electrons. The van der Waals surface area contributed by atoms with Gasteiger partial charge in [-0.3, -0.25) is 0 Å². The number of benzene rings is 3. The molecule has 0 amide bonds. The molecule has 1 aromatic heterocycles. The molecule has 0 aliphatic rings. The molecule has 4 rings (SSSR count). The minimum atomic E-state index is 0.522. The summed E-state index contributed by atoms with van der Waals surface area (Å²) in [7, 11) is 5.60. The van der Waals surface area contributed by atoms with Gasteiger partial charge in [-0.15, -0.1) is 10.2 Å². The molecular weight excluding hydrogens is 319 g/mol. The summed E-state index contributed by atoms with van der Waals surface area (Å²) in [5, 5.41) is 8.31. The van der Waals surface area contributed by atoms with Gasteiger partial charge in [-0.25, -0.2) is 0 Å². The molecule has 26 heavy (non-hydrogen) atoms. The van der Waals surface area contributed by atoms with Gasteiger partial charge in [-0.1, -0.05) is 60.9 Å². The van der Waals surface area contributed by atoms with Gasteiger partial charge >= 0.3 is 0 Å². The Kier molecular flexibility index (Phi) is 4.65. The maximum atomic E-state index is 5.81. The van der Waals surface area contributed by atoms with E-state index in [1.807, 2.05) is 42.5 Å². The molecule has 0 saturated carbocycles. The van der Waals surface area contributed by atoms with Gasteiger partial charge in [0.25, 0.3) is 0 Å². The Balaban J connectivity index is 1.55. The first kappa shape index (κ1) is 16.3. The Hall–Kier alpha value is -3.14. The highest BCUT2D eigenvalue weighted by molar-refractivity contribution is 6.08. The third kappa shape index (κ3) is 3.45. The van der Waals surface area contributed by atoms with Crippen molar-refractivity contribution in [3.05, 3.63) is 84.4 Å². The quantitative estimate of drug-likeness (QED) is 0.470. The van der Waals surface area contributed by atoms with E-state index in [0.29, 0.717) is 18.1 Å². The smallest absolute Gasteiger partial charge is 0.248 e. The average molecular weight is 336 g/mol. The van der Waals surface area contributed by atoms with Crippen LogP contribution in [0.15, 0.2) is 83.3 Å². The number of hydrogen-bond donors (Lipinski definition) is 0. The Morgan fingerprint density at radius 2 is 1.12 bits per heavy atom. The second-order valence-electron chi connectivity index (χ2n) is 6.09. The van der Waals surface area contributed by atoms with Gasteiger partial charge in [0.2, 0.25) is 11.8 Å². The number of aryl methyl sites for hydroxylation is 1. The van der Waals surface area contributed by atoms with Gasteiger partial charge in [-0.05, 0) is 47.4 Å². The molecule has 4 heteroatoms. The standard InChI is InChI=1S/C22H17BN2O/c23-15-14-16-6-8-17(9-7-16)18-10-12-20(13-11-18)22-25-24-21(26-22)19-4-2-1-3-5-19/h1-13H,14-15H2. The van der Waals surface area contributed by atoms with Crippen molar-refractivity contribution in [2.45, 2.75) is 12.7 Å². The van der Waals surface area contributed by atoms with Crippen LogP contribution < -0.4 is 0 Å². The number of nitrogens with zero attached hydrogens (tertiary/aromatic N) is 2. The fourth-order valence-electron chi connectivity index (χ4n) is 2.87. The van der Waals surface area contributed by atoms with Gasteiger partial charge < -0.3 is 4.42 Å². The molecule has 1 heterocycles. The molecule has 0 aliphatic carbocycles. The summed E-state index contributed by atoms with van der Waals surface area (Å²) in [5.74, 6) is 1.05. The molecule has 0 N–H and O–H groups in total. The molecule has 3 aromatic carbocycles. The van der Waals surface area contributed by atoms with Crippen molar-refractivity contribution >= 4 is 7.85 Å². The van der Waals surface area contributed by atoms with Gasteiger partial charge in [0, 0.05) is 11.1 Å². The maximum absolute atomic E-state index is 5.81. The molecule has 4 aromatic rings. The van der Waals surface area contributed by atoms with Crippen molar-refractivity contribution in [2.75, 3.05) is 0 Å². The first-order valence-electron chi connectivity index (χ1n) is 8.62. The molecular formula is C22H17BN2O. The van der Waals surface area contributed by atoms with E-state index >= 15 is 0 Å². The van der Waals surface area contributed by atoms with Crippen LogP contribution >= 0.6 is 0 Å². The van der Waals surface area contributed by atoms with Crippen LogP contribution in [0.2, 0.25) is 6.32 Å². The summed E-state index contributed by atoms with van der Waals surface area (Å²) in [4.78, 5) is 0. The van der Waals surface area contributed by atoms with E-state index in [4.69, 9.17) is 12.3 Å². The van der Waals surface area contributed by atoms with E-state index in [9.17, 15) is 0 Å². The molecule has 3 nitrogen and oxygen atoms in total. The van der Waals surface area contributed by atoms with E-state index in [1.54, 1.807) is 0 Å². The SMILES string of the molecule is [B]CCc1ccc(-c2ccc(-c3nnc(-c4ccccc4)o3)cc2)cc1. The molecule has 0 saturated heterocycles. The fraction of sp³-hybridized carbons (Fsp3) is 0.0909. The van der Waals surface area contributed by atoms with Gasteiger partial charge in [0.05, 0.1) is 7.85 Å². The number of rotatable bonds is 5. The lowest BCUT2D eigenvalue weighted by atomic mass is 9.95. The van der Waals surface area contributed by atoms with Crippen LogP contribution in [-0.4, -0.2) is 18.0 Å². The van der Waals surface area contributed by atoms with Gasteiger partial charge in [0.1, 0.15) is 0 Å². The Morgan fingerprint density at radius 1 is 0.615 bits per heavy atom. The van der Waals surface area contributed by atoms with Crippen LogP contribution in [0.3, 0.4) is 0 Å². The second kappa shape index (κ2) is 7.40. The van der Waals surface area contributed by atoms with E-state index < -0.39 is 0 Å². The zero-order valence-electron chi connectivity index (χ0n) is 14.3. The topological polar surface area (TPSA) is 38.9 Å². The van der Waals surface area contributed by atoms with Crippen LogP contribution in [0, 0.1) is 0 Å². The van der Waals surface area contributed by atoms with Crippen LogP contribution in [-0.2, 0) is 6.42 Å². The molecule has 0 bridgehead atoms. The van der Waals surface area contributed by atoms with E-state index in [1.165, 1.54) is 11.1 Å². The summed E-state index contributed by atoms with van der Waals surface area (Å²) in [5.41, 5.74) is 5.40. The van der Waals surface area contributed by atoms with Crippen molar-refractivity contribution in [3.63, 3.8) is 0 Å². The van der Waals surface area contributed by atoms with Gasteiger partial charge in [-0.2, -0.15) is 0 Å². The Bertz CT molecular complexity index is 977. The molecule has 0 atom stereocenters. The number of hydrogen-bond acceptors (Lipinski definition) is 3. The maximum Gasteiger partial charge on any atom is 0.248 e. The lowest BCUT2D eigenvalue weighted by molar-refractivity contribution is 0.584. The zero-order chi connectivity index (χ0) is 17.8. The molecule has 0 unspecified atom stereocenters. The summed E-state index contributed by atoms with van der Waals surface area (Å²) >= 11 is 0. The summed E-state index contributed by atoms with van der Waals surface area (Å²) < 4.78 is 5.81. The monoisotopic (exact) mass is 336 g/mol. The number of aromatic nitrogens is 2. The first-order chi connectivity index (χ1) is 12.8. The van der Waals surface area contributed by atoms with Crippen LogP contribution in [0.4, 0.5) is 0 Å². The van der Waals surface area contributed by atoms with E-state index in [2.05, 4.69) is 46.6 Å². The predicted octanol–water partition coefficient (Wildman–Crippen LogP) is 5.20. The minimum absolute atomic E-state index is 0.522. The van der Waals surface area contributed by atoms with Crippen molar-refractivity contribution in [3.8, 4) is 34.0 Å².